The fraction of sp³-hybridized carbons (Fsp3) is 0.926. The summed E-state index contributed by atoms with van der Waals surface area (Å²) in [5.41, 5.74) is 0. The highest BCUT2D eigenvalue weighted by Gasteiger charge is 2.54. The average molecular weight is 1070 g/mol. The van der Waals surface area contributed by atoms with E-state index in [0.29, 0.717) is 6.42 Å². The van der Waals surface area contributed by atoms with E-state index in [1.54, 1.807) is 6.08 Å². The molecule has 0 aliphatic carbocycles. The van der Waals surface area contributed by atoms with Gasteiger partial charge in [-0.25, -0.2) is 0 Å². The molecule has 3 rings (SSSR count). The maximum Gasteiger partial charge on any atom is 0.220 e. The number of allylic oxidation sites excluding steroid dienone is 1. The van der Waals surface area contributed by atoms with Crippen LogP contribution < -0.4 is 10.6 Å². The van der Waals surface area contributed by atoms with Gasteiger partial charge in [-0.3, -0.25) is 9.59 Å². The lowest BCUT2D eigenvalue weighted by molar-refractivity contribution is -0.374. The van der Waals surface area contributed by atoms with Gasteiger partial charge in [0.2, 0.25) is 11.8 Å². The van der Waals surface area contributed by atoms with Crippen LogP contribution in [0.4, 0.5) is 0 Å². The highest BCUT2D eigenvalue weighted by molar-refractivity contribution is 5.76. The van der Waals surface area contributed by atoms with Gasteiger partial charge in [0.1, 0.15) is 73.2 Å². The van der Waals surface area contributed by atoms with Crippen molar-refractivity contribution in [1.29, 1.82) is 0 Å². The third kappa shape index (κ3) is 23.6. The van der Waals surface area contributed by atoms with Crippen LogP contribution in [0.5, 0.6) is 0 Å². The van der Waals surface area contributed by atoms with Gasteiger partial charge in [0.05, 0.1) is 38.6 Å². The number of unbranched alkanes of at least 4 members (excludes halogenated alkanes) is 23. The maximum atomic E-state index is 13.3. The number of rotatable bonds is 40. The number of carbonyl (C=O) groups is 2. The predicted molar refractivity (Wildman–Crippen MR) is 275 cm³/mol. The third-order valence-corrected chi connectivity index (χ3v) is 14.5. The van der Waals surface area contributed by atoms with Gasteiger partial charge in [-0.15, -0.1) is 0 Å². The summed E-state index contributed by atoms with van der Waals surface area (Å²) in [7, 11) is 0. The average Bonchev–Trinajstić information content (AvgIpc) is 3.38. The molecule has 2 amide bonds. The van der Waals surface area contributed by atoms with E-state index >= 15 is 0 Å². The molecule has 0 spiro atoms. The lowest BCUT2D eigenvalue weighted by Gasteiger charge is -2.48. The van der Waals surface area contributed by atoms with Gasteiger partial charge < -0.3 is 90.1 Å². The molecule has 12 N–H and O–H groups in total. The van der Waals surface area contributed by atoms with Crippen molar-refractivity contribution in [2.45, 2.75) is 292 Å². The minimum absolute atomic E-state index is 0.244. The lowest BCUT2D eigenvalue weighted by Crippen LogP contribution is -2.68. The summed E-state index contributed by atoms with van der Waals surface area (Å²) >= 11 is 0. The summed E-state index contributed by atoms with van der Waals surface area (Å²) in [6.07, 6.45) is 8.28. The second-order valence-corrected chi connectivity index (χ2v) is 20.8. The monoisotopic (exact) mass is 1060 g/mol. The number of carbonyl (C=O) groups excluding carboxylic acids is 2. The fourth-order valence-corrected chi connectivity index (χ4v) is 9.89. The molecule has 74 heavy (non-hydrogen) atoms. The van der Waals surface area contributed by atoms with Crippen molar-refractivity contribution >= 4 is 11.8 Å². The first-order valence-corrected chi connectivity index (χ1v) is 28.4. The second kappa shape index (κ2) is 38.6. The molecule has 0 bridgehead atoms. The smallest absolute Gasteiger partial charge is 0.220 e. The molecule has 434 valence electrons. The zero-order valence-corrected chi connectivity index (χ0v) is 44.9. The number of hydrogen-bond donors (Lipinski definition) is 12. The van der Waals surface area contributed by atoms with Crippen molar-refractivity contribution in [1.82, 2.24) is 10.6 Å². The molecular weight excluding hydrogens is 965 g/mol. The van der Waals surface area contributed by atoms with E-state index in [9.17, 15) is 60.7 Å². The van der Waals surface area contributed by atoms with Crippen molar-refractivity contribution in [2.75, 3.05) is 26.4 Å². The number of hydrogen-bond acceptors (Lipinski definition) is 18. The molecule has 0 aromatic rings. The van der Waals surface area contributed by atoms with Crippen molar-refractivity contribution in [3.63, 3.8) is 0 Å². The second-order valence-electron chi connectivity index (χ2n) is 20.8. The molecular formula is C54H100N2O18. The zero-order chi connectivity index (χ0) is 54.3. The molecule has 3 fully saturated rings. The van der Waals surface area contributed by atoms with Crippen LogP contribution in [0.1, 0.15) is 188 Å². The van der Waals surface area contributed by atoms with Crippen LogP contribution in [0.2, 0.25) is 0 Å². The number of aliphatic hydroxyl groups excluding tert-OH is 10. The summed E-state index contributed by atoms with van der Waals surface area (Å²) in [4.78, 5) is 25.2. The molecule has 0 aromatic heterocycles. The first kappa shape index (κ1) is 66.3. The van der Waals surface area contributed by atoms with Crippen LogP contribution in [0.3, 0.4) is 0 Å². The van der Waals surface area contributed by atoms with E-state index in [4.69, 9.17) is 28.4 Å². The van der Waals surface area contributed by atoms with Crippen LogP contribution in [0, 0.1) is 0 Å². The van der Waals surface area contributed by atoms with E-state index in [1.165, 1.54) is 109 Å². The summed E-state index contributed by atoms with van der Waals surface area (Å²) in [5.74, 6) is -0.926. The Balaban J connectivity index is 1.58. The van der Waals surface area contributed by atoms with E-state index in [1.807, 2.05) is 6.08 Å². The first-order valence-electron chi connectivity index (χ1n) is 28.4. The number of nitrogens with one attached hydrogen (secondary N) is 2. The van der Waals surface area contributed by atoms with Gasteiger partial charge in [-0.2, -0.15) is 0 Å². The van der Waals surface area contributed by atoms with Crippen LogP contribution in [0.25, 0.3) is 0 Å². The highest BCUT2D eigenvalue weighted by Crippen LogP contribution is 2.33. The van der Waals surface area contributed by atoms with E-state index in [-0.39, 0.29) is 18.9 Å². The topological polar surface area (TPSA) is 316 Å². The number of ether oxygens (including phenoxy) is 6. The maximum absolute atomic E-state index is 13.3. The largest absolute Gasteiger partial charge is 0.394 e. The van der Waals surface area contributed by atoms with Gasteiger partial charge in [0.25, 0.3) is 0 Å². The van der Waals surface area contributed by atoms with Crippen molar-refractivity contribution in [3.8, 4) is 0 Å². The van der Waals surface area contributed by atoms with Crippen molar-refractivity contribution < 1.29 is 89.1 Å². The molecule has 20 nitrogen and oxygen atoms in total. The van der Waals surface area contributed by atoms with Crippen LogP contribution in [-0.4, -0.2) is 194 Å². The van der Waals surface area contributed by atoms with Crippen LogP contribution in [-0.2, 0) is 38.0 Å². The SMILES string of the molecule is CCCCCCCCCCCCC/C=C/[C@@H](O)[C@H](CO[C@@H]1OC(CO)[C@@H](O[C@@H]2OC(CO)[C@@H](O[C@@H]3OC(CO)[C@@H](O)[C@H](O)C3NC(C)=O)[C@H](O)C2O)[C@H](O)C1O)NC(=O)CCCCCCCCCCCCCCC. The van der Waals surface area contributed by atoms with Crippen LogP contribution >= 0.6 is 0 Å². The van der Waals surface area contributed by atoms with Crippen molar-refractivity contribution in [2.24, 2.45) is 0 Å². The lowest BCUT2D eigenvalue weighted by atomic mass is 9.95. The zero-order valence-electron chi connectivity index (χ0n) is 44.9. The van der Waals surface area contributed by atoms with Crippen molar-refractivity contribution in [3.05, 3.63) is 12.2 Å². The van der Waals surface area contributed by atoms with Gasteiger partial charge in [-0.1, -0.05) is 167 Å². The Morgan fingerprint density at radius 1 is 0.527 bits per heavy atom. The summed E-state index contributed by atoms with van der Waals surface area (Å²) < 4.78 is 34.8. The highest BCUT2D eigenvalue weighted by atomic mass is 16.8. The molecule has 0 radical (unpaired) electrons. The Bertz CT molecular complexity index is 1480. The van der Waals surface area contributed by atoms with Gasteiger partial charge >= 0.3 is 0 Å². The van der Waals surface area contributed by atoms with Crippen LogP contribution in [0.15, 0.2) is 12.2 Å². The number of aliphatic hydroxyl groups is 10. The van der Waals surface area contributed by atoms with E-state index in [0.717, 1.165) is 51.9 Å². The summed E-state index contributed by atoms with van der Waals surface area (Å²) in [6, 6.07) is -2.40. The van der Waals surface area contributed by atoms with Gasteiger partial charge in [0.15, 0.2) is 18.9 Å². The Morgan fingerprint density at radius 3 is 1.42 bits per heavy atom. The molecule has 0 aromatic carbocycles. The minimum atomic E-state index is -1.99. The standard InChI is InChI=1S/C54H100N2O18/c1-4-6-8-10-12-14-16-18-20-22-24-26-28-30-38(61)37(56-42(62)31-29-27-25-23-21-19-17-15-13-11-9-7-5-2)35-69-53-48(67)46(65)51(40(33-58)71-53)74-54-49(68)47(66)50(41(34-59)72-54)73-52-43(55-36(3)60)45(64)44(63)39(32-57)70-52/h28,30,37-41,43-54,57-59,61,63-68H,4-27,29,31-35H2,1-3H3,(H,55,60)(H,56,62)/b30-28+/t37-,38+,39?,40?,41?,43?,44+,45+,46+,47+,48?,49?,50+,51+,52-,53+,54-/m0/s1. The molecule has 3 heterocycles. The molecule has 17 atom stereocenters. The Kier molecular flexibility index (Phi) is 34.6. The number of amides is 2. The normalized spacial score (nSPS) is 31.4. The minimum Gasteiger partial charge on any atom is -0.394 e. The first-order chi connectivity index (χ1) is 35.7. The summed E-state index contributed by atoms with van der Waals surface area (Å²) in [6.45, 7) is 2.80. The quantitative estimate of drug-likeness (QED) is 0.0310. The summed E-state index contributed by atoms with van der Waals surface area (Å²) in [5, 5.41) is 113. The predicted octanol–water partition coefficient (Wildman–Crippen LogP) is 3.18. The van der Waals surface area contributed by atoms with Gasteiger partial charge in [-0.05, 0) is 19.3 Å². The molecule has 6 unspecified atom stereocenters. The fourth-order valence-electron chi connectivity index (χ4n) is 9.89. The molecule has 20 heteroatoms. The Morgan fingerprint density at radius 2 is 0.946 bits per heavy atom. The Hall–Kier alpha value is -1.96. The third-order valence-electron chi connectivity index (χ3n) is 14.5. The molecule has 3 aliphatic rings. The Labute approximate surface area is 440 Å². The van der Waals surface area contributed by atoms with E-state index in [2.05, 4.69) is 24.5 Å². The van der Waals surface area contributed by atoms with E-state index < -0.39 is 130 Å². The molecule has 0 saturated carbocycles. The van der Waals surface area contributed by atoms with Gasteiger partial charge in [0, 0.05) is 13.3 Å². The molecule has 3 saturated heterocycles. The molecule has 3 aliphatic heterocycles.